The van der Waals surface area contributed by atoms with Crippen molar-refractivity contribution in [3.8, 4) is 0 Å². The molecule has 0 spiro atoms. The largest absolute Gasteiger partial charge is 0.445 e. The molecule has 0 aromatic carbocycles. The van der Waals surface area contributed by atoms with E-state index < -0.39 is 16.8 Å². The molecule has 0 saturated carbocycles. The highest BCUT2D eigenvalue weighted by Crippen LogP contribution is 2.37. The fourth-order valence-electron chi connectivity index (χ4n) is 1.88. The molecule has 1 aromatic heterocycles. The van der Waals surface area contributed by atoms with Crippen molar-refractivity contribution in [2.45, 2.75) is 31.5 Å². The van der Waals surface area contributed by atoms with Gasteiger partial charge in [-0.2, -0.15) is 13.2 Å². The van der Waals surface area contributed by atoms with Gasteiger partial charge in [-0.3, -0.25) is 0 Å². The number of halogens is 3. The van der Waals surface area contributed by atoms with Gasteiger partial charge < -0.3 is 10.0 Å². The van der Waals surface area contributed by atoms with Crippen LogP contribution in [0.5, 0.6) is 0 Å². The number of rotatable bonds is 3. The van der Waals surface area contributed by atoms with E-state index in [0.29, 0.717) is 30.8 Å². The van der Waals surface area contributed by atoms with E-state index in [4.69, 9.17) is 0 Å². The molecular weight excluding hydrogens is 255 g/mol. The molecular formula is C9H12F3N3OS. The Hall–Kier alpha value is -0.890. The first-order chi connectivity index (χ1) is 7.84. The van der Waals surface area contributed by atoms with E-state index in [9.17, 15) is 18.3 Å². The van der Waals surface area contributed by atoms with Crippen molar-refractivity contribution in [1.29, 1.82) is 0 Å². The first-order valence-corrected chi connectivity index (χ1v) is 6.04. The van der Waals surface area contributed by atoms with Gasteiger partial charge in [-0.25, -0.2) is 0 Å². The fourth-order valence-corrected chi connectivity index (χ4v) is 2.59. The highest BCUT2D eigenvalue weighted by atomic mass is 32.1. The minimum atomic E-state index is -4.44. The van der Waals surface area contributed by atoms with Gasteiger partial charge in [0.05, 0.1) is 18.7 Å². The Morgan fingerprint density at radius 2 is 2.06 bits per heavy atom. The van der Waals surface area contributed by atoms with Crippen LogP contribution in [0.25, 0.3) is 0 Å². The first-order valence-electron chi connectivity index (χ1n) is 5.22. The summed E-state index contributed by atoms with van der Waals surface area (Å²) in [6.45, 7) is 2.61. The van der Waals surface area contributed by atoms with Crippen LogP contribution in [0.4, 0.5) is 18.3 Å². The van der Waals surface area contributed by atoms with Crippen LogP contribution >= 0.6 is 11.3 Å². The number of alkyl halides is 3. The topological polar surface area (TPSA) is 49.2 Å². The Bertz CT molecular complexity index is 400. The second-order valence-electron chi connectivity index (χ2n) is 4.22. The maximum atomic E-state index is 12.3. The summed E-state index contributed by atoms with van der Waals surface area (Å²) in [6.07, 6.45) is -2.96. The lowest BCUT2D eigenvalue weighted by molar-refractivity contribution is -0.138. The van der Waals surface area contributed by atoms with Gasteiger partial charge in [-0.1, -0.05) is 24.7 Å². The quantitative estimate of drug-likeness (QED) is 0.908. The van der Waals surface area contributed by atoms with E-state index in [1.165, 1.54) is 0 Å². The molecule has 2 rings (SSSR count). The summed E-state index contributed by atoms with van der Waals surface area (Å²) in [5.74, 6) is 0. The molecule has 2 heterocycles. The summed E-state index contributed by atoms with van der Waals surface area (Å²) < 4.78 is 36.9. The molecule has 0 radical (unpaired) electrons. The van der Waals surface area contributed by atoms with Crippen LogP contribution in [0, 0.1) is 0 Å². The molecule has 8 heteroatoms. The van der Waals surface area contributed by atoms with Crippen LogP contribution in [0.15, 0.2) is 0 Å². The van der Waals surface area contributed by atoms with Crippen molar-refractivity contribution in [1.82, 2.24) is 10.2 Å². The standard InChI is InChI=1S/C9H12F3N3OS/c1-2-3-8(16)4-15(5-8)7-14-13-6(17-7)9(10,11)12/h16H,2-5H2,1H3. The number of hydrogen-bond acceptors (Lipinski definition) is 5. The molecule has 1 fully saturated rings. The van der Waals surface area contributed by atoms with E-state index in [-0.39, 0.29) is 5.13 Å². The lowest BCUT2D eigenvalue weighted by Gasteiger charge is -2.46. The zero-order valence-corrected chi connectivity index (χ0v) is 9.98. The number of anilines is 1. The highest BCUT2D eigenvalue weighted by Gasteiger charge is 2.43. The van der Waals surface area contributed by atoms with E-state index in [1.54, 1.807) is 4.90 Å². The van der Waals surface area contributed by atoms with Crippen molar-refractivity contribution in [2.75, 3.05) is 18.0 Å². The van der Waals surface area contributed by atoms with Gasteiger partial charge >= 0.3 is 6.18 Å². The predicted octanol–water partition coefficient (Wildman–Crippen LogP) is 1.91. The Balaban J connectivity index is 2.00. The Morgan fingerprint density at radius 1 is 1.41 bits per heavy atom. The summed E-state index contributed by atoms with van der Waals surface area (Å²) in [6, 6.07) is 0. The fraction of sp³-hybridized carbons (Fsp3) is 0.778. The predicted molar refractivity (Wildman–Crippen MR) is 57.0 cm³/mol. The van der Waals surface area contributed by atoms with E-state index >= 15 is 0 Å². The number of hydrogen-bond donors (Lipinski definition) is 1. The summed E-state index contributed by atoms with van der Waals surface area (Å²) in [5, 5.41) is 15.8. The lowest BCUT2D eigenvalue weighted by Crippen LogP contribution is -2.61. The van der Waals surface area contributed by atoms with Crippen LogP contribution in [-0.4, -0.2) is 34.0 Å². The van der Waals surface area contributed by atoms with Crippen LogP contribution in [0.1, 0.15) is 24.8 Å². The third-order valence-corrected chi connectivity index (χ3v) is 3.64. The average molecular weight is 267 g/mol. The highest BCUT2D eigenvalue weighted by molar-refractivity contribution is 7.15. The zero-order chi connectivity index (χ0) is 12.7. The van der Waals surface area contributed by atoms with Crippen LogP contribution in [-0.2, 0) is 6.18 Å². The molecule has 1 aromatic rings. The van der Waals surface area contributed by atoms with Gasteiger partial charge in [0.2, 0.25) is 10.1 Å². The van der Waals surface area contributed by atoms with Crippen molar-refractivity contribution in [2.24, 2.45) is 0 Å². The van der Waals surface area contributed by atoms with Crippen LogP contribution in [0.2, 0.25) is 0 Å². The molecule has 96 valence electrons. The number of aromatic nitrogens is 2. The number of β-amino-alcohol motifs (C(OH)–C–C–N with tert-alkyl or cyclic N) is 1. The van der Waals surface area contributed by atoms with Crippen molar-refractivity contribution in [3.05, 3.63) is 5.01 Å². The molecule has 0 aliphatic carbocycles. The van der Waals surface area contributed by atoms with Gasteiger partial charge in [0.15, 0.2) is 0 Å². The Morgan fingerprint density at radius 3 is 2.53 bits per heavy atom. The number of nitrogens with zero attached hydrogens (tertiary/aromatic N) is 3. The molecule has 1 aliphatic rings. The van der Waals surface area contributed by atoms with E-state index in [0.717, 1.165) is 6.42 Å². The molecule has 0 atom stereocenters. The van der Waals surface area contributed by atoms with Gasteiger partial charge in [-0.15, -0.1) is 10.2 Å². The molecule has 17 heavy (non-hydrogen) atoms. The normalized spacial score (nSPS) is 19.2. The van der Waals surface area contributed by atoms with Crippen molar-refractivity contribution >= 4 is 16.5 Å². The minimum absolute atomic E-state index is 0.220. The lowest BCUT2D eigenvalue weighted by atomic mass is 9.90. The van der Waals surface area contributed by atoms with Crippen LogP contribution in [0.3, 0.4) is 0 Å². The molecule has 0 amide bonds. The van der Waals surface area contributed by atoms with Crippen molar-refractivity contribution < 1.29 is 18.3 Å². The number of aliphatic hydroxyl groups is 1. The van der Waals surface area contributed by atoms with Crippen molar-refractivity contribution in [3.63, 3.8) is 0 Å². The summed E-state index contributed by atoms with van der Waals surface area (Å²) in [7, 11) is 0. The average Bonchev–Trinajstić information content (AvgIpc) is 2.61. The van der Waals surface area contributed by atoms with Crippen LogP contribution < -0.4 is 4.90 Å². The Kier molecular flexibility index (Phi) is 3.03. The molecule has 4 nitrogen and oxygen atoms in total. The van der Waals surface area contributed by atoms with Gasteiger partial charge in [0.1, 0.15) is 0 Å². The molecule has 1 N–H and O–H groups in total. The van der Waals surface area contributed by atoms with E-state index in [2.05, 4.69) is 10.2 Å². The minimum Gasteiger partial charge on any atom is -0.386 e. The molecule has 0 bridgehead atoms. The summed E-state index contributed by atoms with van der Waals surface area (Å²) in [4.78, 5) is 1.61. The zero-order valence-electron chi connectivity index (χ0n) is 9.16. The first kappa shape index (κ1) is 12.6. The van der Waals surface area contributed by atoms with Gasteiger partial charge in [-0.05, 0) is 6.42 Å². The molecule has 1 aliphatic heterocycles. The Labute approximate surface area is 100 Å². The maximum Gasteiger partial charge on any atom is 0.445 e. The van der Waals surface area contributed by atoms with E-state index in [1.807, 2.05) is 6.92 Å². The van der Waals surface area contributed by atoms with Gasteiger partial charge in [0, 0.05) is 0 Å². The monoisotopic (exact) mass is 267 g/mol. The second-order valence-corrected chi connectivity index (χ2v) is 5.17. The summed E-state index contributed by atoms with van der Waals surface area (Å²) >= 11 is 0.510. The summed E-state index contributed by atoms with van der Waals surface area (Å²) in [5.41, 5.74) is -0.779. The second kappa shape index (κ2) is 4.09. The maximum absolute atomic E-state index is 12.3. The molecule has 0 unspecified atom stereocenters. The third-order valence-electron chi connectivity index (χ3n) is 2.61. The molecule has 1 saturated heterocycles. The smallest absolute Gasteiger partial charge is 0.386 e. The van der Waals surface area contributed by atoms with Gasteiger partial charge in [0.25, 0.3) is 0 Å². The third kappa shape index (κ3) is 2.52. The SMILES string of the molecule is CCCC1(O)CN(c2nnc(C(F)(F)F)s2)C1.